The second-order valence-corrected chi connectivity index (χ2v) is 8.26. The largest absolute Gasteiger partial charge is 0.491 e. The van der Waals surface area contributed by atoms with Gasteiger partial charge in [-0.1, -0.05) is 12.2 Å². The van der Waals surface area contributed by atoms with Crippen molar-refractivity contribution in [2.24, 2.45) is 34.4 Å². The third kappa shape index (κ3) is 4.48. The van der Waals surface area contributed by atoms with Gasteiger partial charge in [0.15, 0.2) is 5.96 Å². The van der Waals surface area contributed by atoms with E-state index in [1.165, 1.54) is 4.90 Å². The molecule has 4 rings (SSSR count). The maximum atomic E-state index is 12.6. The SMILES string of the molecule is CC(C)Oc1ccc(NC(N)=NCCCN2C(=O)C3C4C=CC(C4)C3C2=O)cc1.I. The number of imide groups is 1. The van der Waals surface area contributed by atoms with Gasteiger partial charge in [0.2, 0.25) is 11.8 Å². The van der Waals surface area contributed by atoms with Crippen LogP contribution in [-0.4, -0.2) is 41.9 Å². The topological polar surface area (TPSA) is 97.0 Å². The van der Waals surface area contributed by atoms with E-state index >= 15 is 0 Å². The van der Waals surface area contributed by atoms with Gasteiger partial charge < -0.3 is 15.8 Å². The van der Waals surface area contributed by atoms with Gasteiger partial charge in [-0.3, -0.25) is 19.5 Å². The molecule has 30 heavy (non-hydrogen) atoms. The Kier molecular flexibility index (Phi) is 7.05. The summed E-state index contributed by atoms with van der Waals surface area (Å²) in [6, 6.07) is 7.50. The molecule has 4 unspecified atom stereocenters. The Balaban J connectivity index is 0.00000256. The summed E-state index contributed by atoms with van der Waals surface area (Å²) in [7, 11) is 0. The lowest BCUT2D eigenvalue weighted by molar-refractivity contribution is -0.140. The summed E-state index contributed by atoms with van der Waals surface area (Å²) in [5.41, 5.74) is 6.77. The normalized spacial score (nSPS) is 26.9. The first-order valence-corrected chi connectivity index (χ1v) is 10.3. The highest BCUT2D eigenvalue weighted by atomic mass is 127. The summed E-state index contributed by atoms with van der Waals surface area (Å²) in [6.45, 7) is 4.81. The average Bonchev–Trinajstić information content (AvgIpc) is 3.35. The molecule has 3 N–H and O–H groups in total. The van der Waals surface area contributed by atoms with E-state index in [-0.39, 0.29) is 65.6 Å². The van der Waals surface area contributed by atoms with Crippen molar-refractivity contribution in [3.8, 4) is 5.75 Å². The monoisotopic (exact) mass is 524 g/mol. The van der Waals surface area contributed by atoms with Gasteiger partial charge in [0.1, 0.15) is 5.75 Å². The molecule has 8 heteroatoms. The van der Waals surface area contributed by atoms with Gasteiger partial charge in [0.25, 0.3) is 0 Å². The van der Waals surface area contributed by atoms with Crippen LogP contribution >= 0.6 is 24.0 Å². The van der Waals surface area contributed by atoms with Crippen LogP contribution in [0, 0.1) is 23.7 Å². The lowest BCUT2D eigenvalue weighted by Crippen LogP contribution is -2.34. The van der Waals surface area contributed by atoms with Gasteiger partial charge in [-0.2, -0.15) is 0 Å². The number of ether oxygens (including phenoxy) is 1. The molecule has 1 saturated heterocycles. The molecule has 1 heterocycles. The number of benzene rings is 1. The highest BCUT2D eigenvalue weighted by molar-refractivity contribution is 14.0. The second-order valence-electron chi connectivity index (χ2n) is 8.26. The molecular weight excluding hydrogens is 495 g/mol. The Morgan fingerprint density at radius 3 is 2.33 bits per heavy atom. The minimum atomic E-state index is -0.129. The lowest BCUT2D eigenvalue weighted by atomic mass is 9.85. The van der Waals surface area contributed by atoms with Gasteiger partial charge in [0.05, 0.1) is 17.9 Å². The van der Waals surface area contributed by atoms with E-state index in [0.717, 1.165) is 17.9 Å². The van der Waals surface area contributed by atoms with E-state index in [9.17, 15) is 9.59 Å². The van der Waals surface area contributed by atoms with Crippen molar-refractivity contribution in [1.82, 2.24) is 4.90 Å². The number of hydrogen-bond acceptors (Lipinski definition) is 4. The number of fused-ring (bicyclic) bond motifs is 5. The highest BCUT2D eigenvalue weighted by Crippen LogP contribution is 2.52. The van der Waals surface area contributed by atoms with Crippen LogP contribution in [0.25, 0.3) is 0 Å². The zero-order valence-electron chi connectivity index (χ0n) is 17.3. The molecule has 0 radical (unpaired) electrons. The van der Waals surface area contributed by atoms with Crippen LogP contribution in [-0.2, 0) is 9.59 Å². The number of nitrogens with two attached hydrogens (primary N) is 1. The highest BCUT2D eigenvalue weighted by Gasteiger charge is 2.58. The number of likely N-dealkylation sites (tertiary alicyclic amines) is 1. The smallest absolute Gasteiger partial charge is 0.233 e. The quantitative estimate of drug-likeness (QED) is 0.143. The molecule has 1 saturated carbocycles. The van der Waals surface area contributed by atoms with Crippen molar-refractivity contribution in [2.75, 3.05) is 18.4 Å². The van der Waals surface area contributed by atoms with E-state index in [4.69, 9.17) is 10.5 Å². The van der Waals surface area contributed by atoms with Crippen LogP contribution in [0.4, 0.5) is 5.69 Å². The third-order valence-electron chi connectivity index (χ3n) is 5.88. The fourth-order valence-electron chi connectivity index (χ4n) is 4.69. The van der Waals surface area contributed by atoms with Crippen molar-refractivity contribution >= 4 is 47.4 Å². The van der Waals surface area contributed by atoms with Gasteiger partial charge in [0, 0.05) is 18.8 Å². The minimum Gasteiger partial charge on any atom is -0.491 e. The first kappa shape index (κ1) is 22.6. The molecule has 0 spiro atoms. The second kappa shape index (κ2) is 9.36. The first-order chi connectivity index (χ1) is 13.9. The number of amides is 2. The number of guanidine groups is 1. The maximum absolute atomic E-state index is 12.6. The van der Waals surface area contributed by atoms with Crippen LogP contribution in [0.3, 0.4) is 0 Å². The Hall–Kier alpha value is -2.10. The molecule has 2 aliphatic carbocycles. The standard InChI is InChI=1S/C22H28N4O3.HI/c1-13(2)29-17-8-6-16(7-9-17)25-22(23)24-10-3-11-26-20(27)18-14-4-5-15(12-14)19(18)21(26)28;/h4-9,13-15,18-19H,3,10-12H2,1-2H3,(H3,23,24,25);1H. The number of aliphatic imine (C=N–C) groups is 1. The van der Waals surface area contributed by atoms with Crippen molar-refractivity contribution < 1.29 is 14.3 Å². The van der Waals surface area contributed by atoms with E-state index < -0.39 is 0 Å². The van der Waals surface area contributed by atoms with E-state index in [1.807, 2.05) is 38.1 Å². The zero-order valence-corrected chi connectivity index (χ0v) is 19.6. The number of anilines is 1. The molecule has 4 atom stereocenters. The molecule has 2 amide bonds. The fraction of sp³-hybridized carbons (Fsp3) is 0.500. The summed E-state index contributed by atoms with van der Waals surface area (Å²) < 4.78 is 5.61. The molecule has 162 valence electrons. The van der Waals surface area contributed by atoms with Gasteiger partial charge in [-0.25, -0.2) is 0 Å². The third-order valence-corrected chi connectivity index (χ3v) is 5.88. The van der Waals surface area contributed by atoms with Gasteiger partial charge in [-0.05, 0) is 62.8 Å². The summed E-state index contributed by atoms with van der Waals surface area (Å²) in [5.74, 6) is 1.34. The van der Waals surface area contributed by atoms with E-state index in [1.54, 1.807) is 0 Å². The van der Waals surface area contributed by atoms with Crippen molar-refractivity contribution in [3.05, 3.63) is 36.4 Å². The minimum absolute atomic E-state index is 0. The number of carbonyl (C=O) groups is 2. The summed E-state index contributed by atoms with van der Waals surface area (Å²) in [4.78, 5) is 31.0. The number of carbonyl (C=O) groups excluding carboxylic acids is 2. The number of rotatable bonds is 7. The molecule has 2 fully saturated rings. The predicted octanol–water partition coefficient (Wildman–Crippen LogP) is 3.02. The van der Waals surface area contributed by atoms with Gasteiger partial charge in [-0.15, -0.1) is 24.0 Å². The van der Waals surface area contributed by atoms with Crippen LogP contribution in [0.1, 0.15) is 26.7 Å². The van der Waals surface area contributed by atoms with Crippen molar-refractivity contribution in [2.45, 2.75) is 32.8 Å². The Bertz CT molecular complexity index is 822. The molecule has 7 nitrogen and oxygen atoms in total. The van der Waals surface area contributed by atoms with Gasteiger partial charge >= 0.3 is 0 Å². The first-order valence-electron chi connectivity index (χ1n) is 10.3. The summed E-state index contributed by atoms with van der Waals surface area (Å²) >= 11 is 0. The number of halogens is 1. The number of allylic oxidation sites excluding steroid dienone is 2. The Morgan fingerprint density at radius 1 is 1.17 bits per heavy atom. The molecule has 1 aromatic rings. The number of nitrogens with zero attached hydrogens (tertiary/aromatic N) is 2. The molecule has 2 bridgehead atoms. The predicted molar refractivity (Wildman–Crippen MR) is 127 cm³/mol. The number of nitrogens with one attached hydrogen (secondary N) is 1. The van der Waals surface area contributed by atoms with Crippen molar-refractivity contribution in [3.63, 3.8) is 0 Å². The Morgan fingerprint density at radius 2 is 1.77 bits per heavy atom. The van der Waals surface area contributed by atoms with Crippen LogP contribution in [0.15, 0.2) is 41.4 Å². The lowest BCUT2D eigenvalue weighted by Gasteiger charge is -2.16. The Labute approximate surface area is 194 Å². The van der Waals surface area contributed by atoms with Crippen LogP contribution < -0.4 is 15.8 Å². The van der Waals surface area contributed by atoms with Crippen LogP contribution in [0.2, 0.25) is 0 Å². The molecule has 1 aromatic carbocycles. The van der Waals surface area contributed by atoms with E-state index in [2.05, 4.69) is 22.5 Å². The molecule has 1 aliphatic heterocycles. The van der Waals surface area contributed by atoms with E-state index in [0.29, 0.717) is 25.5 Å². The van der Waals surface area contributed by atoms with Crippen molar-refractivity contribution in [1.29, 1.82) is 0 Å². The summed E-state index contributed by atoms with van der Waals surface area (Å²) in [5, 5.41) is 3.04. The fourth-order valence-corrected chi connectivity index (χ4v) is 4.69. The molecule has 0 aromatic heterocycles. The zero-order chi connectivity index (χ0) is 20.5. The van der Waals surface area contributed by atoms with Crippen LogP contribution in [0.5, 0.6) is 5.75 Å². The molecular formula is C22H29IN4O3. The summed E-state index contributed by atoms with van der Waals surface area (Å²) in [6.07, 6.45) is 5.90. The number of hydrogen-bond donors (Lipinski definition) is 2. The maximum Gasteiger partial charge on any atom is 0.233 e. The molecule has 3 aliphatic rings. The average molecular weight is 524 g/mol.